The van der Waals surface area contributed by atoms with Crippen molar-refractivity contribution in [2.24, 2.45) is 0 Å². The number of carbonyl (C=O) groups is 2. The maximum atomic E-state index is 12.5. The number of nitrogens with zero attached hydrogens (tertiary/aromatic N) is 1. The lowest BCUT2D eigenvalue weighted by atomic mass is 9.82. The summed E-state index contributed by atoms with van der Waals surface area (Å²) in [6, 6.07) is 7.45. The first-order valence-corrected chi connectivity index (χ1v) is 6.96. The summed E-state index contributed by atoms with van der Waals surface area (Å²) in [4.78, 5) is 26.2. The van der Waals surface area contributed by atoms with E-state index in [2.05, 4.69) is 5.32 Å². The molecule has 1 aromatic rings. The Morgan fingerprint density at radius 1 is 1.30 bits per heavy atom. The Bertz CT molecular complexity index is 592. The van der Waals surface area contributed by atoms with Crippen LogP contribution in [-0.4, -0.2) is 29.3 Å². The molecule has 2 aliphatic heterocycles. The Morgan fingerprint density at radius 2 is 2.00 bits per heavy atom. The fraction of sp³-hybridized carbons (Fsp3) is 0.375. The van der Waals surface area contributed by atoms with Gasteiger partial charge in [0.05, 0.1) is 0 Å². The number of rotatable bonds is 2. The van der Waals surface area contributed by atoms with Crippen LogP contribution in [0, 0.1) is 0 Å². The molecule has 1 aromatic carbocycles. The van der Waals surface area contributed by atoms with Gasteiger partial charge in [-0.25, -0.2) is 0 Å². The molecule has 0 unspecified atom stereocenters. The van der Waals surface area contributed by atoms with Crippen molar-refractivity contribution in [2.45, 2.75) is 31.8 Å². The summed E-state index contributed by atoms with van der Waals surface area (Å²) in [5.74, 6) is 0.0150. The number of benzene rings is 1. The topological polar surface area (TPSA) is 49.4 Å². The highest BCUT2D eigenvalue weighted by atomic mass is 16.2. The Labute approximate surface area is 118 Å². The van der Waals surface area contributed by atoms with Gasteiger partial charge >= 0.3 is 0 Å². The number of hydrogen-bond donors (Lipinski definition) is 1. The summed E-state index contributed by atoms with van der Waals surface area (Å²) in [7, 11) is 0. The first-order chi connectivity index (χ1) is 9.58. The zero-order valence-electron chi connectivity index (χ0n) is 11.7. The third-order valence-corrected chi connectivity index (χ3v) is 3.83. The van der Waals surface area contributed by atoms with E-state index in [9.17, 15) is 9.59 Å². The standard InChI is InChI=1S/C16H18N2O2/c1-10(2)17-16(20)15-13-6-4-3-5-12(13)11-7-8-14(19)18(15)9-11/h3-8,10-11,15H,9H2,1-2H3,(H,17,20)/t11-,15-/m0/s1. The molecule has 1 N–H and O–H groups in total. The van der Waals surface area contributed by atoms with Gasteiger partial charge in [-0.15, -0.1) is 0 Å². The predicted octanol–water partition coefficient (Wildman–Crippen LogP) is 1.75. The van der Waals surface area contributed by atoms with Crippen LogP contribution in [0.15, 0.2) is 36.4 Å². The summed E-state index contributed by atoms with van der Waals surface area (Å²) in [6.07, 6.45) is 3.52. The highest BCUT2D eigenvalue weighted by Crippen LogP contribution is 2.39. The van der Waals surface area contributed by atoms with Crippen LogP contribution in [0.2, 0.25) is 0 Å². The summed E-state index contributed by atoms with van der Waals surface area (Å²) in [5.41, 5.74) is 2.09. The number of amides is 2. The molecule has 2 atom stereocenters. The average Bonchev–Trinajstić information content (AvgIpc) is 2.42. The molecule has 2 amide bonds. The van der Waals surface area contributed by atoms with E-state index in [-0.39, 0.29) is 23.8 Å². The van der Waals surface area contributed by atoms with Crippen LogP contribution in [-0.2, 0) is 9.59 Å². The van der Waals surface area contributed by atoms with Crippen LogP contribution in [0.1, 0.15) is 36.9 Å². The molecule has 0 saturated heterocycles. The Morgan fingerprint density at radius 3 is 2.70 bits per heavy atom. The minimum absolute atomic E-state index is 0.0582. The first-order valence-electron chi connectivity index (χ1n) is 6.96. The number of carbonyl (C=O) groups excluding carboxylic acids is 2. The Hall–Kier alpha value is -2.10. The summed E-state index contributed by atoms with van der Waals surface area (Å²) in [5, 5.41) is 2.92. The molecular formula is C16H18N2O2. The summed E-state index contributed by atoms with van der Waals surface area (Å²) < 4.78 is 0. The molecule has 0 saturated carbocycles. The highest BCUT2D eigenvalue weighted by molar-refractivity contribution is 5.95. The lowest BCUT2D eigenvalue weighted by molar-refractivity contribution is -0.139. The van der Waals surface area contributed by atoms with Crippen molar-refractivity contribution in [1.29, 1.82) is 0 Å². The van der Waals surface area contributed by atoms with E-state index in [4.69, 9.17) is 0 Å². The second-order valence-electron chi connectivity index (χ2n) is 5.65. The van der Waals surface area contributed by atoms with Gasteiger partial charge in [-0.3, -0.25) is 9.59 Å². The van der Waals surface area contributed by atoms with Gasteiger partial charge in [-0.05, 0) is 31.1 Å². The van der Waals surface area contributed by atoms with Gasteiger partial charge in [0.25, 0.3) is 0 Å². The van der Waals surface area contributed by atoms with Crippen molar-refractivity contribution in [1.82, 2.24) is 10.2 Å². The van der Waals surface area contributed by atoms with Crippen LogP contribution in [0.4, 0.5) is 0 Å². The SMILES string of the molecule is CC(C)NC(=O)[C@@H]1c2ccccc2[C@H]2C=CC(=O)N1C2. The predicted molar refractivity (Wildman–Crippen MR) is 76.1 cm³/mol. The molecule has 104 valence electrons. The van der Waals surface area contributed by atoms with Crippen LogP contribution in [0.5, 0.6) is 0 Å². The van der Waals surface area contributed by atoms with Gasteiger partial charge in [-0.1, -0.05) is 30.3 Å². The monoisotopic (exact) mass is 270 g/mol. The van der Waals surface area contributed by atoms with Crippen molar-refractivity contribution in [3.8, 4) is 0 Å². The third kappa shape index (κ3) is 2.01. The van der Waals surface area contributed by atoms with Crippen molar-refractivity contribution in [2.75, 3.05) is 6.54 Å². The van der Waals surface area contributed by atoms with Crippen molar-refractivity contribution in [3.05, 3.63) is 47.5 Å². The lowest BCUT2D eigenvalue weighted by Gasteiger charge is -2.41. The third-order valence-electron chi connectivity index (χ3n) is 3.83. The van der Waals surface area contributed by atoms with E-state index in [1.165, 1.54) is 0 Å². The zero-order chi connectivity index (χ0) is 14.3. The van der Waals surface area contributed by atoms with E-state index in [0.29, 0.717) is 6.54 Å². The zero-order valence-corrected chi connectivity index (χ0v) is 11.7. The largest absolute Gasteiger partial charge is 0.352 e. The average molecular weight is 270 g/mol. The molecule has 2 aliphatic rings. The van der Waals surface area contributed by atoms with Crippen LogP contribution in [0.3, 0.4) is 0 Å². The Balaban J connectivity index is 2.06. The van der Waals surface area contributed by atoms with Gasteiger partial charge in [0.1, 0.15) is 6.04 Å². The first kappa shape index (κ1) is 12.9. The molecule has 2 bridgehead atoms. The quantitative estimate of drug-likeness (QED) is 0.890. The fourth-order valence-electron chi connectivity index (χ4n) is 3.00. The lowest BCUT2D eigenvalue weighted by Crippen LogP contribution is -2.50. The Kier molecular flexibility index (Phi) is 3.08. The van der Waals surface area contributed by atoms with E-state index in [1.807, 2.05) is 44.2 Å². The number of hydrogen-bond acceptors (Lipinski definition) is 2. The smallest absolute Gasteiger partial charge is 0.247 e. The molecule has 20 heavy (non-hydrogen) atoms. The van der Waals surface area contributed by atoms with E-state index in [0.717, 1.165) is 11.1 Å². The maximum Gasteiger partial charge on any atom is 0.247 e. The molecular weight excluding hydrogens is 252 g/mol. The molecule has 0 spiro atoms. The van der Waals surface area contributed by atoms with Crippen molar-refractivity contribution >= 4 is 11.8 Å². The maximum absolute atomic E-state index is 12.5. The molecule has 0 radical (unpaired) electrons. The minimum Gasteiger partial charge on any atom is -0.352 e. The molecule has 3 rings (SSSR count). The van der Waals surface area contributed by atoms with E-state index < -0.39 is 6.04 Å². The van der Waals surface area contributed by atoms with Crippen LogP contribution >= 0.6 is 0 Å². The van der Waals surface area contributed by atoms with Gasteiger partial charge in [0.2, 0.25) is 11.8 Å². The van der Waals surface area contributed by atoms with Crippen molar-refractivity contribution in [3.63, 3.8) is 0 Å². The van der Waals surface area contributed by atoms with E-state index >= 15 is 0 Å². The second-order valence-corrected chi connectivity index (χ2v) is 5.65. The van der Waals surface area contributed by atoms with Gasteiger partial charge in [-0.2, -0.15) is 0 Å². The molecule has 0 aliphatic carbocycles. The highest BCUT2D eigenvalue weighted by Gasteiger charge is 2.40. The molecule has 4 nitrogen and oxygen atoms in total. The molecule has 4 heteroatoms. The molecule has 2 heterocycles. The molecule has 0 fully saturated rings. The minimum atomic E-state index is -0.512. The van der Waals surface area contributed by atoms with Crippen LogP contribution < -0.4 is 5.32 Å². The van der Waals surface area contributed by atoms with Crippen LogP contribution in [0.25, 0.3) is 0 Å². The van der Waals surface area contributed by atoms with E-state index in [1.54, 1.807) is 11.0 Å². The number of fused-ring (bicyclic) bond motifs is 4. The molecule has 0 aromatic heterocycles. The summed E-state index contributed by atoms with van der Waals surface area (Å²) in [6.45, 7) is 4.43. The normalized spacial score (nSPS) is 23.8. The van der Waals surface area contributed by atoms with Gasteiger partial charge < -0.3 is 10.2 Å². The van der Waals surface area contributed by atoms with Crippen molar-refractivity contribution < 1.29 is 9.59 Å². The second kappa shape index (κ2) is 4.78. The van der Waals surface area contributed by atoms with Gasteiger partial charge in [0, 0.05) is 18.5 Å². The van der Waals surface area contributed by atoms with Gasteiger partial charge in [0.15, 0.2) is 0 Å². The fourth-order valence-corrected chi connectivity index (χ4v) is 3.00. The number of nitrogens with one attached hydrogen (secondary N) is 1. The summed E-state index contributed by atoms with van der Waals surface area (Å²) >= 11 is 0.